The monoisotopic (exact) mass is 245 g/mol. The van der Waals surface area contributed by atoms with Crippen LogP contribution in [0, 0.1) is 13.8 Å². The van der Waals surface area contributed by atoms with Gasteiger partial charge in [0.15, 0.2) is 0 Å². The van der Waals surface area contributed by atoms with Crippen molar-refractivity contribution < 1.29 is 9.90 Å². The fraction of sp³-hybridized carbons (Fsp3) is 0.231. The lowest BCUT2D eigenvalue weighted by Crippen LogP contribution is -2.23. The molecule has 0 radical (unpaired) electrons. The number of nitrogens with one attached hydrogen (secondary N) is 2. The molecule has 94 valence electrons. The molecule has 5 nitrogen and oxygen atoms in total. The fourth-order valence-electron chi connectivity index (χ4n) is 1.66. The van der Waals surface area contributed by atoms with Crippen LogP contribution in [-0.4, -0.2) is 21.2 Å². The zero-order valence-electron chi connectivity index (χ0n) is 10.3. The molecule has 5 heteroatoms. The van der Waals surface area contributed by atoms with Crippen molar-refractivity contribution >= 4 is 5.91 Å². The summed E-state index contributed by atoms with van der Waals surface area (Å²) in [5.41, 5.74) is 3.06. The molecule has 0 saturated carbocycles. The first-order chi connectivity index (χ1) is 8.58. The molecule has 0 unspecified atom stereocenters. The minimum absolute atomic E-state index is 0.0120. The van der Waals surface area contributed by atoms with E-state index in [1.165, 1.54) is 6.07 Å². The van der Waals surface area contributed by atoms with Crippen LogP contribution in [0.2, 0.25) is 0 Å². The van der Waals surface area contributed by atoms with E-state index in [4.69, 9.17) is 0 Å². The van der Waals surface area contributed by atoms with E-state index in [9.17, 15) is 9.90 Å². The predicted octanol–water partition coefficient (Wildman–Crippen LogP) is 1.66. The maximum atomic E-state index is 11.9. The van der Waals surface area contributed by atoms with Crippen molar-refractivity contribution in [2.75, 3.05) is 0 Å². The Labute approximate surface area is 105 Å². The molecular formula is C13H15N3O2. The van der Waals surface area contributed by atoms with Crippen molar-refractivity contribution in [1.29, 1.82) is 0 Å². The number of benzene rings is 1. The van der Waals surface area contributed by atoms with Crippen LogP contribution in [0.1, 0.15) is 27.2 Å². The zero-order chi connectivity index (χ0) is 13.1. The highest BCUT2D eigenvalue weighted by atomic mass is 16.3. The molecule has 1 aromatic carbocycles. The van der Waals surface area contributed by atoms with Gasteiger partial charge in [0.25, 0.3) is 5.91 Å². The number of hydrogen-bond donors (Lipinski definition) is 3. The number of phenolic OH excluding ortho intramolecular Hbond substituents is 1. The number of hydrogen-bond acceptors (Lipinski definition) is 3. The van der Waals surface area contributed by atoms with Crippen molar-refractivity contribution in [3.8, 4) is 5.75 Å². The van der Waals surface area contributed by atoms with Gasteiger partial charge in [-0.15, -0.1) is 0 Å². The van der Waals surface area contributed by atoms with Crippen LogP contribution in [0.3, 0.4) is 0 Å². The van der Waals surface area contributed by atoms with Crippen LogP contribution in [0.25, 0.3) is 0 Å². The Kier molecular flexibility index (Phi) is 3.32. The second-order valence-corrected chi connectivity index (χ2v) is 4.22. The summed E-state index contributed by atoms with van der Waals surface area (Å²) < 4.78 is 0. The number of aromatic nitrogens is 2. The van der Waals surface area contributed by atoms with Crippen molar-refractivity contribution in [2.24, 2.45) is 0 Å². The van der Waals surface area contributed by atoms with Gasteiger partial charge in [-0.05, 0) is 26.0 Å². The zero-order valence-corrected chi connectivity index (χ0v) is 10.3. The minimum Gasteiger partial charge on any atom is -0.507 e. The number of H-pyrrole nitrogens is 1. The van der Waals surface area contributed by atoms with E-state index in [0.29, 0.717) is 6.54 Å². The summed E-state index contributed by atoms with van der Waals surface area (Å²) in [7, 11) is 0. The highest BCUT2D eigenvalue weighted by Crippen LogP contribution is 2.18. The second-order valence-electron chi connectivity index (χ2n) is 4.22. The lowest BCUT2D eigenvalue weighted by molar-refractivity contribution is 0.0948. The molecule has 0 spiro atoms. The molecule has 1 aromatic heterocycles. The first-order valence-electron chi connectivity index (χ1n) is 5.64. The molecule has 0 aliphatic heterocycles. The lowest BCUT2D eigenvalue weighted by atomic mass is 10.1. The van der Waals surface area contributed by atoms with E-state index in [1.807, 2.05) is 13.8 Å². The molecule has 0 saturated heterocycles. The number of carbonyl (C=O) groups excluding carboxylic acids is 1. The van der Waals surface area contributed by atoms with Gasteiger partial charge in [0.1, 0.15) is 5.75 Å². The largest absolute Gasteiger partial charge is 0.507 e. The Morgan fingerprint density at radius 1 is 1.44 bits per heavy atom. The van der Waals surface area contributed by atoms with Gasteiger partial charge >= 0.3 is 0 Å². The van der Waals surface area contributed by atoms with Crippen LogP contribution in [-0.2, 0) is 6.54 Å². The van der Waals surface area contributed by atoms with Gasteiger partial charge in [0.2, 0.25) is 0 Å². The van der Waals surface area contributed by atoms with Crippen LogP contribution < -0.4 is 5.32 Å². The molecule has 0 aliphatic carbocycles. The van der Waals surface area contributed by atoms with Crippen LogP contribution in [0.15, 0.2) is 24.4 Å². The number of aromatic amines is 1. The van der Waals surface area contributed by atoms with Gasteiger partial charge in [-0.3, -0.25) is 9.89 Å². The average molecular weight is 245 g/mol. The Morgan fingerprint density at radius 3 is 2.89 bits per heavy atom. The quantitative estimate of drug-likeness (QED) is 0.769. The van der Waals surface area contributed by atoms with E-state index >= 15 is 0 Å². The van der Waals surface area contributed by atoms with Gasteiger partial charge < -0.3 is 10.4 Å². The Balaban J connectivity index is 2.08. The van der Waals surface area contributed by atoms with Crippen LogP contribution in [0.5, 0.6) is 5.75 Å². The standard InChI is InChI=1S/C13H15N3O2/c1-8-3-4-12(17)11(5-8)13(18)14-6-10-7-15-16-9(10)2/h3-5,7,17H,6H2,1-2H3,(H,14,18)(H,15,16). The summed E-state index contributed by atoms with van der Waals surface area (Å²) >= 11 is 0. The summed E-state index contributed by atoms with van der Waals surface area (Å²) in [5.74, 6) is -0.307. The number of nitrogens with zero attached hydrogens (tertiary/aromatic N) is 1. The third-order valence-corrected chi connectivity index (χ3v) is 2.77. The highest BCUT2D eigenvalue weighted by molar-refractivity contribution is 5.96. The number of amides is 1. The molecule has 0 atom stereocenters. The summed E-state index contributed by atoms with van der Waals surface area (Å²) in [5, 5.41) is 19.1. The topological polar surface area (TPSA) is 78.0 Å². The van der Waals surface area contributed by atoms with E-state index < -0.39 is 0 Å². The van der Waals surface area contributed by atoms with E-state index in [1.54, 1.807) is 18.3 Å². The van der Waals surface area contributed by atoms with Gasteiger partial charge in [0.05, 0.1) is 11.8 Å². The lowest BCUT2D eigenvalue weighted by Gasteiger charge is -2.07. The number of aromatic hydroxyl groups is 1. The predicted molar refractivity (Wildman–Crippen MR) is 67.3 cm³/mol. The molecule has 2 aromatic rings. The van der Waals surface area contributed by atoms with Crippen LogP contribution in [0.4, 0.5) is 0 Å². The highest BCUT2D eigenvalue weighted by Gasteiger charge is 2.11. The molecule has 0 bridgehead atoms. The van der Waals surface area contributed by atoms with Gasteiger partial charge in [-0.2, -0.15) is 5.10 Å². The van der Waals surface area contributed by atoms with E-state index in [2.05, 4.69) is 15.5 Å². The van der Waals surface area contributed by atoms with Gasteiger partial charge in [0, 0.05) is 17.8 Å². The summed E-state index contributed by atoms with van der Waals surface area (Å²) in [6, 6.07) is 4.94. The summed E-state index contributed by atoms with van der Waals surface area (Å²) in [4.78, 5) is 11.9. The number of aryl methyl sites for hydroxylation is 2. The molecule has 1 heterocycles. The maximum absolute atomic E-state index is 11.9. The first kappa shape index (κ1) is 12.2. The third-order valence-electron chi connectivity index (χ3n) is 2.77. The molecular weight excluding hydrogens is 230 g/mol. The average Bonchev–Trinajstić information content (AvgIpc) is 2.75. The minimum atomic E-state index is -0.295. The number of carbonyl (C=O) groups is 1. The van der Waals surface area contributed by atoms with Crippen molar-refractivity contribution in [3.05, 3.63) is 46.8 Å². The Hall–Kier alpha value is -2.30. The van der Waals surface area contributed by atoms with Gasteiger partial charge in [-0.25, -0.2) is 0 Å². The summed E-state index contributed by atoms with van der Waals surface area (Å²) in [6.07, 6.45) is 1.67. The first-order valence-corrected chi connectivity index (χ1v) is 5.64. The SMILES string of the molecule is Cc1ccc(O)c(C(=O)NCc2cn[nH]c2C)c1. The number of rotatable bonds is 3. The summed E-state index contributed by atoms with van der Waals surface area (Å²) in [6.45, 7) is 4.14. The maximum Gasteiger partial charge on any atom is 0.255 e. The molecule has 1 amide bonds. The van der Waals surface area contributed by atoms with Crippen molar-refractivity contribution in [1.82, 2.24) is 15.5 Å². The Bertz CT molecular complexity index is 575. The second kappa shape index (κ2) is 4.91. The fourth-order valence-corrected chi connectivity index (χ4v) is 1.66. The Morgan fingerprint density at radius 2 is 2.22 bits per heavy atom. The van der Waals surface area contributed by atoms with E-state index in [0.717, 1.165) is 16.8 Å². The normalized spacial score (nSPS) is 10.3. The van der Waals surface area contributed by atoms with E-state index in [-0.39, 0.29) is 17.2 Å². The van der Waals surface area contributed by atoms with Crippen LogP contribution >= 0.6 is 0 Å². The third kappa shape index (κ3) is 2.51. The molecule has 3 N–H and O–H groups in total. The smallest absolute Gasteiger partial charge is 0.255 e. The number of phenols is 1. The molecule has 0 aliphatic rings. The van der Waals surface area contributed by atoms with Crippen molar-refractivity contribution in [2.45, 2.75) is 20.4 Å². The van der Waals surface area contributed by atoms with Gasteiger partial charge in [-0.1, -0.05) is 11.6 Å². The molecule has 2 rings (SSSR count). The van der Waals surface area contributed by atoms with Crippen molar-refractivity contribution in [3.63, 3.8) is 0 Å². The molecule has 18 heavy (non-hydrogen) atoms. The molecule has 0 fully saturated rings.